The zero-order valence-electron chi connectivity index (χ0n) is 19.9. The maximum Gasteiger partial charge on any atom is 0.335 e. The van der Waals surface area contributed by atoms with E-state index < -0.39 is 5.97 Å². The van der Waals surface area contributed by atoms with Crippen LogP contribution in [-0.4, -0.2) is 63.2 Å². The number of aromatic nitrogens is 2. The van der Waals surface area contributed by atoms with Crippen LogP contribution < -0.4 is 0 Å². The SMILES string of the molecule is Cc1nnc(C2CC3(CCN(C(=O)c4cccc(C(=O)O)c4)CC3)CN2CCc2ccccc2)o1. The van der Waals surface area contributed by atoms with E-state index in [4.69, 9.17) is 4.42 Å². The number of benzene rings is 2. The topological polar surface area (TPSA) is 99.8 Å². The molecule has 3 aromatic rings. The first kappa shape index (κ1) is 23.2. The van der Waals surface area contributed by atoms with Gasteiger partial charge in [-0.05, 0) is 54.9 Å². The smallest absolute Gasteiger partial charge is 0.335 e. The van der Waals surface area contributed by atoms with Crippen molar-refractivity contribution in [2.75, 3.05) is 26.2 Å². The van der Waals surface area contributed by atoms with Crippen molar-refractivity contribution in [3.05, 3.63) is 83.1 Å². The highest BCUT2D eigenvalue weighted by Crippen LogP contribution is 2.48. The Kier molecular flexibility index (Phi) is 6.38. The lowest BCUT2D eigenvalue weighted by atomic mass is 9.76. The van der Waals surface area contributed by atoms with Gasteiger partial charge in [0.2, 0.25) is 11.8 Å². The Morgan fingerprint density at radius 3 is 2.49 bits per heavy atom. The average Bonchev–Trinajstić information content (AvgIpc) is 3.47. The number of amides is 1. The lowest BCUT2D eigenvalue weighted by Crippen LogP contribution is -2.44. The number of aryl methyl sites for hydroxylation is 1. The molecule has 8 heteroatoms. The average molecular weight is 475 g/mol. The molecule has 2 saturated heterocycles. The number of hydrogen-bond donors (Lipinski definition) is 1. The van der Waals surface area contributed by atoms with E-state index in [1.54, 1.807) is 12.1 Å². The van der Waals surface area contributed by atoms with Crippen molar-refractivity contribution >= 4 is 11.9 Å². The monoisotopic (exact) mass is 474 g/mol. The van der Waals surface area contributed by atoms with E-state index in [0.29, 0.717) is 30.4 Å². The quantitative estimate of drug-likeness (QED) is 0.577. The Labute approximate surface area is 204 Å². The lowest BCUT2D eigenvalue weighted by Gasteiger charge is -2.39. The molecule has 8 nitrogen and oxygen atoms in total. The van der Waals surface area contributed by atoms with Gasteiger partial charge in [0, 0.05) is 38.7 Å². The van der Waals surface area contributed by atoms with Gasteiger partial charge in [0.1, 0.15) is 0 Å². The normalized spacial score (nSPS) is 19.8. The predicted octanol–water partition coefficient (Wildman–Crippen LogP) is 3.99. The predicted molar refractivity (Wildman–Crippen MR) is 129 cm³/mol. The number of nitrogens with zero attached hydrogens (tertiary/aromatic N) is 4. The summed E-state index contributed by atoms with van der Waals surface area (Å²) in [6.45, 7) is 4.96. The Morgan fingerprint density at radius 2 is 1.80 bits per heavy atom. The first-order valence-corrected chi connectivity index (χ1v) is 12.1. The molecule has 0 saturated carbocycles. The van der Waals surface area contributed by atoms with E-state index in [2.05, 4.69) is 39.4 Å². The van der Waals surface area contributed by atoms with Crippen LogP contribution in [-0.2, 0) is 6.42 Å². The summed E-state index contributed by atoms with van der Waals surface area (Å²) < 4.78 is 5.86. The van der Waals surface area contributed by atoms with Crippen molar-refractivity contribution in [2.45, 2.75) is 38.6 Å². The van der Waals surface area contributed by atoms with Crippen LogP contribution in [0.25, 0.3) is 0 Å². The first-order chi connectivity index (χ1) is 16.9. The molecule has 1 atom stereocenters. The number of piperidine rings is 1. The third kappa shape index (κ3) is 4.98. The van der Waals surface area contributed by atoms with Crippen molar-refractivity contribution in [3.63, 3.8) is 0 Å². The highest BCUT2D eigenvalue weighted by molar-refractivity contribution is 5.97. The molecule has 2 aromatic carbocycles. The van der Waals surface area contributed by atoms with Gasteiger partial charge in [-0.3, -0.25) is 9.69 Å². The van der Waals surface area contributed by atoms with Crippen LogP contribution in [0.1, 0.15) is 63.4 Å². The highest BCUT2D eigenvalue weighted by atomic mass is 16.4. The van der Waals surface area contributed by atoms with Crippen LogP contribution in [0.2, 0.25) is 0 Å². The van der Waals surface area contributed by atoms with Crippen molar-refractivity contribution in [3.8, 4) is 0 Å². The minimum Gasteiger partial charge on any atom is -0.478 e. The molecule has 5 rings (SSSR count). The molecule has 2 fully saturated rings. The number of carbonyl (C=O) groups excluding carboxylic acids is 1. The van der Waals surface area contributed by atoms with E-state index in [1.165, 1.54) is 17.7 Å². The standard InChI is InChI=1S/C27H30N4O4/c1-19-28-29-24(35-19)23-17-27(18-31(23)13-10-20-6-3-2-4-7-20)11-14-30(15-12-27)25(32)21-8-5-9-22(16-21)26(33)34/h2-9,16,23H,10-15,17-18H2,1H3,(H,33,34). The van der Waals surface area contributed by atoms with Gasteiger partial charge < -0.3 is 14.4 Å². The van der Waals surface area contributed by atoms with Gasteiger partial charge in [-0.1, -0.05) is 36.4 Å². The van der Waals surface area contributed by atoms with Crippen molar-refractivity contribution in [1.82, 2.24) is 20.0 Å². The second-order valence-corrected chi connectivity index (χ2v) is 9.76. The summed E-state index contributed by atoms with van der Waals surface area (Å²) in [5, 5.41) is 17.7. The number of rotatable bonds is 6. The summed E-state index contributed by atoms with van der Waals surface area (Å²) in [5.41, 5.74) is 1.95. The Hall–Kier alpha value is -3.52. The maximum absolute atomic E-state index is 13.1. The Balaban J connectivity index is 1.28. The molecule has 0 radical (unpaired) electrons. The molecule has 2 aliphatic rings. The summed E-state index contributed by atoms with van der Waals surface area (Å²) in [6, 6.07) is 16.8. The largest absolute Gasteiger partial charge is 0.478 e. The Bertz CT molecular complexity index is 1200. The molecule has 1 spiro atoms. The molecule has 0 aliphatic carbocycles. The highest BCUT2D eigenvalue weighted by Gasteiger charge is 2.48. The summed E-state index contributed by atoms with van der Waals surface area (Å²) in [7, 11) is 0. The van der Waals surface area contributed by atoms with Crippen LogP contribution in [0, 0.1) is 12.3 Å². The molecule has 3 heterocycles. The summed E-state index contributed by atoms with van der Waals surface area (Å²) in [5.74, 6) is 0.122. The number of aromatic carboxylic acids is 1. The van der Waals surface area contributed by atoms with Crippen LogP contribution in [0.5, 0.6) is 0 Å². The minimum atomic E-state index is -1.03. The minimum absolute atomic E-state index is 0.0782. The van der Waals surface area contributed by atoms with Crippen LogP contribution in [0.15, 0.2) is 59.0 Å². The second-order valence-electron chi connectivity index (χ2n) is 9.76. The fraction of sp³-hybridized carbons (Fsp3) is 0.407. The van der Waals surface area contributed by atoms with Gasteiger partial charge in [0.25, 0.3) is 5.91 Å². The molecule has 1 unspecified atom stereocenters. The van der Waals surface area contributed by atoms with E-state index >= 15 is 0 Å². The summed E-state index contributed by atoms with van der Waals surface area (Å²) in [4.78, 5) is 28.7. The third-order valence-corrected chi connectivity index (χ3v) is 7.43. The van der Waals surface area contributed by atoms with Gasteiger partial charge in [-0.25, -0.2) is 4.79 Å². The van der Waals surface area contributed by atoms with Gasteiger partial charge in [0.15, 0.2) is 0 Å². The maximum atomic E-state index is 13.1. The molecule has 182 valence electrons. The molecule has 35 heavy (non-hydrogen) atoms. The number of likely N-dealkylation sites (tertiary alicyclic amines) is 2. The molecular formula is C27H30N4O4. The van der Waals surface area contributed by atoms with Crippen molar-refractivity contribution in [2.24, 2.45) is 5.41 Å². The van der Waals surface area contributed by atoms with Gasteiger partial charge >= 0.3 is 5.97 Å². The van der Waals surface area contributed by atoms with E-state index in [-0.39, 0.29) is 22.9 Å². The van der Waals surface area contributed by atoms with Crippen molar-refractivity contribution in [1.29, 1.82) is 0 Å². The number of carboxylic acid groups (broad SMARTS) is 1. The van der Waals surface area contributed by atoms with E-state index in [9.17, 15) is 14.7 Å². The van der Waals surface area contributed by atoms with E-state index in [1.807, 2.05) is 17.9 Å². The third-order valence-electron chi connectivity index (χ3n) is 7.43. The zero-order valence-corrected chi connectivity index (χ0v) is 19.9. The molecular weight excluding hydrogens is 444 g/mol. The molecule has 1 N–H and O–H groups in total. The fourth-order valence-corrected chi connectivity index (χ4v) is 5.50. The van der Waals surface area contributed by atoms with Crippen molar-refractivity contribution < 1.29 is 19.1 Å². The molecule has 0 bridgehead atoms. The summed E-state index contributed by atoms with van der Waals surface area (Å²) in [6.07, 6.45) is 3.66. The van der Waals surface area contributed by atoms with Crippen LogP contribution in [0.4, 0.5) is 0 Å². The zero-order chi connectivity index (χ0) is 24.4. The lowest BCUT2D eigenvalue weighted by molar-refractivity contribution is 0.0589. The molecule has 1 aromatic heterocycles. The number of hydrogen-bond acceptors (Lipinski definition) is 6. The molecule has 1 amide bonds. The second kappa shape index (κ2) is 9.62. The van der Waals surface area contributed by atoms with Gasteiger partial charge in [-0.2, -0.15) is 0 Å². The first-order valence-electron chi connectivity index (χ1n) is 12.1. The fourth-order valence-electron chi connectivity index (χ4n) is 5.50. The van der Waals surface area contributed by atoms with Gasteiger partial charge in [-0.15, -0.1) is 10.2 Å². The van der Waals surface area contributed by atoms with Crippen LogP contribution in [0.3, 0.4) is 0 Å². The van der Waals surface area contributed by atoms with Crippen LogP contribution >= 0.6 is 0 Å². The molecule has 2 aliphatic heterocycles. The summed E-state index contributed by atoms with van der Waals surface area (Å²) >= 11 is 0. The van der Waals surface area contributed by atoms with E-state index in [0.717, 1.165) is 38.8 Å². The Morgan fingerprint density at radius 1 is 1.06 bits per heavy atom. The number of carbonyl (C=O) groups is 2. The van der Waals surface area contributed by atoms with Gasteiger partial charge in [0.05, 0.1) is 11.6 Å². The number of carboxylic acids is 1.